The van der Waals surface area contributed by atoms with Gasteiger partial charge in [-0.15, -0.1) is 12.4 Å². The van der Waals surface area contributed by atoms with E-state index in [1.165, 1.54) is 6.07 Å². The first-order chi connectivity index (χ1) is 9.00. The fraction of sp³-hybridized carbons (Fsp3) is 0.417. The molecule has 0 radical (unpaired) electrons. The van der Waals surface area contributed by atoms with Crippen LogP contribution < -0.4 is 5.32 Å². The van der Waals surface area contributed by atoms with Crippen molar-refractivity contribution in [3.8, 4) is 0 Å². The van der Waals surface area contributed by atoms with Crippen molar-refractivity contribution >= 4 is 24.0 Å². The monoisotopic (exact) mass is 303 g/mol. The second-order valence-corrected chi connectivity index (χ2v) is 4.47. The molecule has 1 atom stereocenters. The van der Waals surface area contributed by atoms with Crippen molar-refractivity contribution < 1.29 is 14.1 Å². The Balaban J connectivity index is 0.00000200. The highest BCUT2D eigenvalue weighted by molar-refractivity contribution is 5.95. The second kappa shape index (κ2) is 6.62. The topological polar surface area (TPSA) is 75.5 Å². The van der Waals surface area contributed by atoms with Crippen molar-refractivity contribution in [1.29, 1.82) is 0 Å². The van der Waals surface area contributed by atoms with Gasteiger partial charge in [0.05, 0.1) is 16.6 Å². The van der Waals surface area contributed by atoms with E-state index in [0.29, 0.717) is 19.6 Å². The lowest BCUT2D eigenvalue weighted by Crippen LogP contribution is -2.52. The molecule has 1 heterocycles. The van der Waals surface area contributed by atoms with E-state index >= 15 is 0 Å². The number of carbonyl (C=O) groups excluding carboxylic acids is 1. The van der Waals surface area contributed by atoms with Crippen molar-refractivity contribution in [3.63, 3.8) is 0 Å². The van der Waals surface area contributed by atoms with Crippen LogP contribution in [0.5, 0.6) is 0 Å². The smallest absolute Gasteiger partial charge is 0.272 e. The molecule has 6 nitrogen and oxygen atoms in total. The van der Waals surface area contributed by atoms with E-state index in [1.807, 2.05) is 6.92 Å². The number of piperazine rings is 1. The molecule has 0 saturated carbocycles. The van der Waals surface area contributed by atoms with Gasteiger partial charge in [0.15, 0.2) is 0 Å². The molecule has 8 heteroatoms. The number of carbonyl (C=O) groups is 1. The van der Waals surface area contributed by atoms with Crippen LogP contribution in [0.2, 0.25) is 0 Å². The number of nitro groups is 1. The van der Waals surface area contributed by atoms with Crippen molar-refractivity contribution in [2.24, 2.45) is 0 Å². The van der Waals surface area contributed by atoms with Crippen molar-refractivity contribution in [2.45, 2.75) is 13.0 Å². The number of amides is 1. The molecule has 1 aliphatic heterocycles. The molecule has 1 fully saturated rings. The summed E-state index contributed by atoms with van der Waals surface area (Å²) in [6.45, 7) is 3.68. The normalized spacial score (nSPS) is 18.3. The molecule has 0 bridgehead atoms. The summed E-state index contributed by atoms with van der Waals surface area (Å²) in [5.74, 6) is -1.29. The summed E-state index contributed by atoms with van der Waals surface area (Å²) in [5, 5.41) is 13.7. The Hall–Kier alpha value is -1.73. The molecule has 1 amide bonds. The first-order valence-corrected chi connectivity index (χ1v) is 5.96. The number of halogens is 2. The van der Waals surface area contributed by atoms with Crippen LogP contribution in [0.1, 0.15) is 17.3 Å². The molecule has 2 rings (SSSR count). The molecule has 1 aromatic carbocycles. The van der Waals surface area contributed by atoms with E-state index in [9.17, 15) is 19.3 Å². The quantitative estimate of drug-likeness (QED) is 0.665. The second-order valence-electron chi connectivity index (χ2n) is 4.47. The highest BCUT2D eigenvalue weighted by Crippen LogP contribution is 2.19. The fourth-order valence-corrected chi connectivity index (χ4v) is 2.09. The average Bonchev–Trinajstić information content (AvgIpc) is 2.38. The van der Waals surface area contributed by atoms with Crippen LogP contribution >= 0.6 is 12.4 Å². The molecule has 20 heavy (non-hydrogen) atoms. The summed E-state index contributed by atoms with van der Waals surface area (Å²) in [5.41, 5.74) is -0.484. The highest BCUT2D eigenvalue weighted by atomic mass is 35.5. The molecule has 110 valence electrons. The Morgan fingerprint density at radius 2 is 2.25 bits per heavy atom. The molecule has 1 aliphatic rings. The molecule has 1 saturated heterocycles. The van der Waals surface area contributed by atoms with E-state index in [4.69, 9.17) is 0 Å². The lowest BCUT2D eigenvalue weighted by atomic mass is 10.1. The summed E-state index contributed by atoms with van der Waals surface area (Å²) in [6, 6.07) is 3.06. The maximum absolute atomic E-state index is 13.8. The summed E-state index contributed by atoms with van der Waals surface area (Å²) in [7, 11) is 0. The third-order valence-electron chi connectivity index (χ3n) is 3.16. The Labute approximate surface area is 121 Å². The number of nitrogens with zero attached hydrogens (tertiary/aromatic N) is 2. The van der Waals surface area contributed by atoms with Crippen LogP contribution in [0.25, 0.3) is 0 Å². The summed E-state index contributed by atoms with van der Waals surface area (Å²) < 4.78 is 13.8. The van der Waals surface area contributed by atoms with E-state index in [0.717, 1.165) is 12.1 Å². The maximum atomic E-state index is 13.8. The summed E-state index contributed by atoms with van der Waals surface area (Å²) in [4.78, 5) is 23.6. The zero-order valence-corrected chi connectivity index (χ0v) is 11.7. The van der Waals surface area contributed by atoms with Gasteiger partial charge in [-0.2, -0.15) is 0 Å². The Morgan fingerprint density at radius 1 is 1.55 bits per heavy atom. The standard InChI is InChI=1S/C12H14FN3O3.ClH/c1-8-7-14-4-5-15(8)12(17)10-3-2-9(16(18)19)6-11(10)13;/h2-3,6,8,14H,4-5,7H2,1H3;1H/t8-;/m1./s1. The number of hydrogen-bond donors (Lipinski definition) is 1. The van der Waals surface area contributed by atoms with Gasteiger partial charge >= 0.3 is 0 Å². The molecule has 1 aromatic rings. The Bertz CT molecular complexity index is 527. The molecule has 0 aliphatic carbocycles. The van der Waals surface area contributed by atoms with Gasteiger partial charge in [0, 0.05) is 31.7 Å². The number of hydrogen-bond acceptors (Lipinski definition) is 4. The van der Waals surface area contributed by atoms with Crippen molar-refractivity contribution in [1.82, 2.24) is 10.2 Å². The number of non-ortho nitro benzene ring substituents is 1. The first kappa shape index (κ1) is 16.3. The minimum absolute atomic E-state index is 0. The summed E-state index contributed by atoms with van der Waals surface area (Å²) >= 11 is 0. The molecular formula is C12H15ClFN3O3. The van der Waals surface area contributed by atoms with Gasteiger partial charge < -0.3 is 10.2 Å². The Morgan fingerprint density at radius 3 is 2.80 bits per heavy atom. The van der Waals surface area contributed by atoms with Crippen LogP contribution in [0, 0.1) is 15.9 Å². The van der Waals surface area contributed by atoms with Gasteiger partial charge in [0.25, 0.3) is 11.6 Å². The lowest BCUT2D eigenvalue weighted by molar-refractivity contribution is -0.385. The predicted molar refractivity (Wildman–Crippen MR) is 73.7 cm³/mol. The third-order valence-corrected chi connectivity index (χ3v) is 3.16. The van der Waals surface area contributed by atoms with Gasteiger partial charge in [-0.25, -0.2) is 4.39 Å². The number of benzene rings is 1. The molecule has 0 spiro atoms. The summed E-state index contributed by atoms with van der Waals surface area (Å²) in [6.07, 6.45) is 0. The van der Waals surface area contributed by atoms with Crippen LogP contribution in [0.15, 0.2) is 18.2 Å². The molecule has 0 aromatic heterocycles. The van der Waals surface area contributed by atoms with Gasteiger partial charge in [0.2, 0.25) is 0 Å². The van der Waals surface area contributed by atoms with Crippen LogP contribution in [-0.4, -0.2) is 41.4 Å². The van der Waals surface area contributed by atoms with E-state index in [1.54, 1.807) is 4.90 Å². The largest absolute Gasteiger partial charge is 0.333 e. The third kappa shape index (κ3) is 3.23. The predicted octanol–water partition coefficient (Wildman–Crippen LogP) is 1.59. The van der Waals surface area contributed by atoms with Crippen LogP contribution in [-0.2, 0) is 0 Å². The molecule has 1 N–H and O–H groups in total. The number of nitrogens with one attached hydrogen (secondary N) is 1. The SMILES string of the molecule is C[C@@H]1CNCCN1C(=O)c1ccc([N+](=O)[O-])cc1F.Cl. The van der Waals surface area contributed by atoms with Crippen LogP contribution in [0.3, 0.4) is 0 Å². The van der Waals surface area contributed by atoms with Crippen molar-refractivity contribution in [3.05, 3.63) is 39.7 Å². The Kier molecular flexibility index (Phi) is 5.41. The number of rotatable bonds is 2. The first-order valence-electron chi connectivity index (χ1n) is 5.96. The van der Waals surface area contributed by atoms with E-state index in [-0.39, 0.29) is 29.7 Å². The van der Waals surface area contributed by atoms with E-state index < -0.39 is 16.6 Å². The zero-order chi connectivity index (χ0) is 14.0. The lowest BCUT2D eigenvalue weighted by Gasteiger charge is -2.34. The number of nitro benzene ring substituents is 1. The van der Waals surface area contributed by atoms with Gasteiger partial charge in [-0.1, -0.05) is 0 Å². The minimum atomic E-state index is -0.857. The molecule has 0 unspecified atom stereocenters. The van der Waals surface area contributed by atoms with Crippen LogP contribution in [0.4, 0.5) is 10.1 Å². The maximum Gasteiger partial charge on any atom is 0.272 e. The average molecular weight is 304 g/mol. The fourth-order valence-electron chi connectivity index (χ4n) is 2.09. The zero-order valence-electron chi connectivity index (χ0n) is 10.8. The van der Waals surface area contributed by atoms with Gasteiger partial charge in [0.1, 0.15) is 5.82 Å². The molecular weight excluding hydrogens is 289 g/mol. The minimum Gasteiger partial charge on any atom is -0.333 e. The highest BCUT2D eigenvalue weighted by Gasteiger charge is 2.26. The van der Waals surface area contributed by atoms with Crippen molar-refractivity contribution in [2.75, 3.05) is 19.6 Å². The van der Waals surface area contributed by atoms with Gasteiger partial charge in [-0.3, -0.25) is 14.9 Å². The van der Waals surface area contributed by atoms with E-state index in [2.05, 4.69) is 5.32 Å². The van der Waals surface area contributed by atoms with Gasteiger partial charge in [-0.05, 0) is 13.0 Å².